The second-order valence-electron chi connectivity index (χ2n) is 6.45. The summed E-state index contributed by atoms with van der Waals surface area (Å²) in [5.74, 6) is 0.0493. The van der Waals surface area contributed by atoms with E-state index in [1.807, 2.05) is 18.2 Å². The first-order chi connectivity index (χ1) is 9.88. The van der Waals surface area contributed by atoms with Gasteiger partial charge in [-0.1, -0.05) is 6.07 Å². The normalized spacial score (nSPS) is 19.0. The molecule has 4 heteroatoms. The van der Waals surface area contributed by atoms with Gasteiger partial charge in [-0.2, -0.15) is 0 Å². The molecule has 0 radical (unpaired) electrons. The van der Waals surface area contributed by atoms with E-state index in [1.54, 1.807) is 19.0 Å². The number of aryl methyl sites for hydroxylation is 1. The lowest BCUT2D eigenvalue weighted by Crippen LogP contribution is -2.31. The molecule has 0 aliphatic carbocycles. The minimum absolute atomic E-state index is 0.0493. The van der Waals surface area contributed by atoms with Gasteiger partial charge in [-0.3, -0.25) is 9.69 Å². The monoisotopic (exact) mass is 289 g/mol. The highest BCUT2D eigenvalue weighted by molar-refractivity contribution is 5.95. The lowest BCUT2D eigenvalue weighted by atomic mass is 10.1. The molecule has 0 aromatic heterocycles. The molecule has 4 nitrogen and oxygen atoms in total. The largest absolute Gasteiger partial charge is 0.381 e. The summed E-state index contributed by atoms with van der Waals surface area (Å²) >= 11 is 0. The number of likely N-dealkylation sites (tertiary alicyclic amines) is 1. The van der Waals surface area contributed by atoms with Crippen LogP contribution in [-0.4, -0.2) is 55.0 Å². The third-order valence-corrected chi connectivity index (χ3v) is 4.20. The van der Waals surface area contributed by atoms with E-state index in [9.17, 15) is 4.79 Å². The van der Waals surface area contributed by atoms with Crippen LogP contribution >= 0.6 is 0 Å². The van der Waals surface area contributed by atoms with Crippen LogP contribution in [0.2, 0.25) is 0 Å². The van der Waals surface area contributed by atoms with Crippen LogP contribution in [0.1, 0.15) is 36.2 Å². The Labute approximate surface area is 128 Å². The van der Waals surface area contributed by atoms with Crippen molar-refractivity contribution in [2.75, 3.05) is 32.5 Å². The minimum Gasteiger partial charge on any atom is -0.381 e. The highest BCUT2D eigenvalue weighted by Gasteiger charge is 2.24. The Balaban J connectivity index is 2.10. The molecule has 1 heterocycles. The zero-order valence-electron chi connectivity index (χ0n) is 13.8. The van der Waals surface area contributed by atoms with Gasteiger partial charge in [0.25, 0.3) is 5.91 Å². The SMILES string of the molecule is Cc1ccc(C(=O)N(C)C)cc1NC1CCN(C(C)C)C1. The lowest BCUT2D eigenvalue weighted by molar-refractivity contribution is 0.0827. The number of amides is 1. The van der Waals surface area contributed by atoms with Crippen LogP contribution in [0.15, 0.2) is 18.2 Å². The van der Waals surface area contributed by atoms with Gasteiger partial charge < -0.3 is 10.2 Å². The Morgan fingerprint density at radius 2 is 2.10 bits per heavy atom. The van der Waals surface area contributed by atoms with Crippen LogP contribution in [0, 0.1) is 6.92 Å². The standard InChI is InChI=1S/C17H27N3O/c1-12(2)20-9-8-15(11-20)18-16-10-14(7-6-13(16)3)17(21)19(4)5/h6-7,10,12,15,18H,8-9,11H2,1-5H3. The molecule has 1 atom stereocenters. The maximum Gasteiger partial charge on any atom is 0.253 e. The summed E-state index contributed by atoms with van der Waals surface area (Å²) in [6, 6.07) is 6.97. The van der Waals surface area contributed by atoms with Crippen molar-refractivity contribution in [3.05, 3.63) is 29.3 Å². The molecule has 21 heavy (non-hydrogen) atoms. The maximum absolute atomic E-state index is 12.1. The summed E-state index contributed by atoms with van der Waals surface area (Å²) < 4.78 is 0. The molecule has 116 valence electrons. The van der Waals surface area contributed by atoms with Crippen LogP contribution in [0.4, 0.5) is 5.69 Å². The van der Waals surface area contributed by atoms with Crippen LogP contribution in [0.5, 0.6) is 0 Å². The molecule has 1 saturated heterocycles. The molecule has 1 aromatic carbocycles. The van der Waals surface area contributed by atoms with E-state index in [-0.39, 0.29) is 5.91 Å². The van der Waals surface area contributed by atoms with Gasteiger partial charge in [0, 0.05) is 50.5 Å². The molecule has 2 rings (SSSR count). The Morgan fingerprint density at radius 3 is 2.67 bits per heavy atom. The van der Waals surface area contributed by atoms with Crippen LogP contribution in [0.25, 0.3) is 0 Å². The number of carbonyl (C=O) groups is 1. The average Bonchev–Trinajstić information content (AvgIpc) is 2.89. The van der Waals surface area contributed by atoms with Crippen LogP contribution < -0.4 is 5.32 Å². The Bertz CT molecular complexity index is 511. The second kappa shape index (κ2) is 6.48. The summed E-state index contributed by atoms with van der Waals surface area (Å²) in [6.45, 7) is 8.78. The van der Waals surface area contributed by atoms with Gasteiger partial charge in [-0.25, -0.2) is 0 Å². The van der Waals surface area contributed by atoms with E-state index < -0.39 is 0 Å². The lowest BCUT2D eigenvalue weighted by Gasteiger charge is -2.21. The third-order valence-electron chi connectivity index (χ3n) is 4.20. The van der Waals surface area contributed by atoms with E-state index in [0.717, 1.165) is 30.8 Å². The summed E-state index contributed by atoms with van der Waals surface area (Å²) in [7, 11) is 3.57. The van der Waals surface area contributed by atoms with Crippen molar-refractivity contribution in [3.8, 4) is 0 Å². The molecule has 0 saturated carbocycles. The van der Waals surface area contributed by atoms with Crippen molar-refractivity contribution < 1.29 is 4.79 Å². The van der Waals surface area contributed by atoms with E-state index in [0.29, 0.717) is 12.1 Å². The van der Waals surface area contributed by atoms with Crippen molar-refractivity contribution in [2.24, 2.45) is 0 Å². The van der Waals surface area contributed by atoms with Crippen molar-refractivity contribution in [1.82, 2.24) is 9.80 Å². The van der Waals surface area contributed by atoms with Gasteiger partial charge in [0.2, 0.25) is 0 Å². The molecule has 1 aromatic rings. The van der Waals surface area contributed by atoms with Crippen LogP contribution in [-0.2, 0) is 0 Å². The van der Waals surface area contributed by atoms with Gasteiger partial charge >= 0.3 is 0 Å². The summed E-state index contributed by atoms with van der Waals surface area (Å²) in [6.07, 6.45) is 1.16. The van der Waals surface area contributed by atoms with Crippen molar-refractivity contribution in [1.29, 1.82) is 0 Å². The maximum atomic E-state index is 12.1. The van der Waals surface area contributed by atoms with E-state index in [4.69, 9.17) is 0 Å². The van der Waals surface area contributed by atoms with Gasteiger partial charge in [0.05, 0.1) is 0 Å². The van der Waals surface area contributed by atoms with Crippen molar-refractivity contribution in [3.63, 3.8) is 0 Å². The number of nitrogens with one attached hydrogen (secondary N) is 1. The minimum atomic E-state index is 0.0493. The highest BCUT2D eigenvalue weighted by Crippen LogP contribution is 2.22. The number of anilines is 1. The van der Waals surface area contributed by atoms with E-state index in [2.05, 4.69) is 31.0 Å². The van der Waals surface area contributed by atoms with Gasteiger partial charge in [0.1, 0.15) is 0 Å². The number of rotatable bonds is 4. The number of hydrogen-bond donors (Lipinski definition) is 1. The van der Waals surface area contributed by atoms with Crippen molar-refractivity contribution in [2.45, 2.75) is 39.3 Å². The molecule has 1 unspecified atom stereocenters. The molecule has 1 N–H and O–H groups in total. The highest BCUT2D eigenvalue weighted by atomic mass is 16.2. The predicted molar refractivity (Wildman–Crippen MR) is 87.9 cm³/mol. The molecular formula is C17H27N3O. The Morgan fingerprint density at radius 1 is 1.38 bits per heavy atom. The second-order valence-corrected chi connectivity index (χ2v) is 6.45. The fourth-order valence-electron chi connectivity index (χ4n) is 2.76. The van der Waals surface area contributed by atoms with Crippen molar-refractivity contribution >= 4 is 11.6 Å². The fourth-order valence-corrected chi connectivity index (χ4v) is 2.76. The fraction of sp³-hybridized carbons (Fsp3) is 0.588. The summed E-state index contributed by atoms with van der Waals surface area (Å²) in [5.41, 5.74) is 3.01. The van der Waals surface area contributed by atoms with Gasteiger partial charge in [0.15, 0.2) is 0 Å². The molecule has 1 amide bonds. The average molecular weight is 289 g/mol. The molecular weight excluding hydrogens is 262 g/mol. The number of benzene rings is 1. The van der Waals surface area contributed by atoms with E-state index in [1.165, 1.54) is 5.56 Å². The smallest absolute Gasteiger partial charge is 0.253 e. The first-order valence-corrected chi connectivity index (χ1v) is 7.71. The number of carbonyl (C=O) groups excluding carboxylic acids is 1. The molecule has 1 aliphatic rings. The predicted octanol–water partition coefficient (Wildman–Crippen LogP) is 2.59. The van der Waals surface area contributed by atoms with Gasteiger partial charge in [-0.05, 0) is 44.9 Å². The Hall–Kier alpha value is -1.55. The molecule has 1 fully saturated rings. The summed E-state index contributed by atoms with van der Waals surface area (Å²) in [5, 5.41) is 3.62. The third kappa shape index (κ3) is 3.76. The summed E-state index contributed by atoms with van der Waals surface area (Å²) in [4.78, 5) is 16.2. The zero-order chi connectivity index (χ0) is 15.6. The van der Waals surface area contributed by atoms with Crippen LogP contribution in [0.3, 0.4) is 0 Å². The Kier molecular flexibility index (Phi) is 4.88. The first kappa shape index (κ1) is 15.8. The molecule has 0 spiro atoms. The first-order valence-electron chi connectivity index (χ1n) is 7.71. The van der Waals surface area contributed by atoms with E-state index >= 15 is 0 Å². The quantitative estimate of drug-likeness (QED) is 0.925. The zero-order valence-corrected chi connectivity index (χ0v) is 13.8. The van der Waals surface area contributed by atoms with Gasteiger partial charge in [-0.15, -0.1) is 0 Å². The number of nitrogens with zero attached hydrogens (tertiary/aromatic N) is 2. The molecule has 1 aliphatic heterocycles. The topological polar surface area (TPSA) is 35.6 Å². The molecule has 0 bridgehead atoms. The number of hydrogen-bond acceptors (Lipinski definition) is 3.